The van der Waals surface area contributed by atoms with Crippen LogP contribution in [0.1, 0.15) is 211 Å². The van der Waals surface area contributed by atoms with Crippen molar-refractivity contribution in [3.8, 4) is 0 Å². The Kier molecular flexibility index (Phi) is 16.5. The molecular formula is C68H111ClN2O7. The molecule has 0 spiro atoms. The lowest BCUT2D eigenvalue weighted by Gasteiger charge is -2.63. The molecule has 442 valence electrons. The van der Waals surface area contributed by atoms with Gasteiger partial charge >= 0.3 is 0 Å². The van der Waals surface area contributed by atoms with Crippen LogP contribution in [-0.4, -0.2) is 94.8 Å². The number of ketones is 1. The van der Waals surface area contributed by atoms with E-state index in [4.69, 9.17) is 9.47 Å². The number of ether oxygens (including phenoxy) is 2. The summed E-state index contributed by atoms with van der Waals surface area (Å²) in [5.41, 5.74) is 6.32. The molecule has 78 heavy (non-hydrogen) atoms. The van der Waals surface area contributed by atoms with Gasteiger partial charge in [0.25, 0.3) is 0 Å². The lowest BCUT2D eigenvalue weighted by molar-refractivity contribution is -0.211. The zero-order chi connectivity index (χ0) is 55.2. The molecule has 12 aliphatic carbocycles. The molecule has 0 radical (unpaired) electrons. The first-order chi connectivity index (χ1) is 36.4. The first-order valence-corrected chi connectivity index (χ1v) is 32.3. The predicted molar refractivity (Wildman–Crippen MR) is 315 cm³/mol. The molecule has 9 nitrogen and oxygen atoms in total. The van der Waals surface area contributed by atoms with Gasteiger partial charge in [-0.05, 0) is 268 Å². The maximum atomic E-state index is 12.4. The predicted octanol–water partition coefficient (Wildman–Crippen LogP) is 12.7. The van der Waals surface area contributed by atoms with Crippen molar-refractivity contribution in [1.82, 2.24) is 10.6 Å². The van der Waals surface area contributed by atoms with Crippen LogP contribution in [0.3, 0.4) is 0 Å². The second-order valence-electron chi connectivity index (χ2n) is 30.9. The van der Waals surface area contributed by atoms with E-state index in [-0.39, 0.29) is 75.4 Å². The minimum atomic E-state index is -0.556. The summed E-state index contributed by atoms with van der Waals surface area (Å²) >= 11 is 0. The maximum absolute atomic E-state index is 12.4. The summed E-state index contributed by atoms with van der Waals surface area (Å²) in [6.07, 6.45) is 29.3. The zero-order valence-corrected chi connectivity index (χ0v) is 51.9. The normalized spacial score (nSPS) is 55.6. The maximum Gasteiger partial charge on any atom is 0.163 e. The fourth-order valence-corrected chi connectivity index (χ4v) is 24.0. The van der Waals surface area contributed by atoms with Crippen molar-refractivity contribution in [2.24, 2.45) is 104 Å². The molecule has 6 N–H and O–H groups in total. The van der Waals surface area contributed by atoms with Crippen molar-refractivity contribution in [3.63, 3.8) is 0 Å². The summed E-state index contributed by atoms with van der Waals surface area (Å²) in [5.74, 6) is 5.44. The Hall–Kier alpha value is -1.14. The number of carbonyl (C=O) groups is 1. The van der Waals surface area contributed by atoms with E-state index in [9.17, 15) is 25.2 Å². The van der Waals surface area contributed by atoms with E-state index in [1.807, 2.05) is 14.1 Å². The number of Topliss-reactive ketones (excluding diaryl/α,β-unsaturated/α-hetero) is 1. The molecule has 13 aliphatic rings. The van der Waals surface area contributed by atoms with Crippen LogP contribution in [0.2, 0.25) is 0 Å². The summed E-state index contributed by atoms with van der Waals surface area (Å²) in [5, 5.41) is 51.5. The largest absolute Gasteiger partial charge is 0.390 e. The average Bonchev–Trinajstić information content (AvgIpc) is 3.63. The van der Waals surface area contributed by atoms with E-state index < -0.39 is 30.2 Å². The lowest BCUT2D eigenvalue weighted by atomic mass is 9.43. The SMILES string of the molecule is C/C=C1/CCC2C3C(CC[C@]12C)[C@@]1(C)CCC(=O)CC1[C@H]1OC(C)(C)O[C@H]31.C/C=C1/CCC2C3C(CC[C@]12C)[C@@]1(C)CCC(NC)CC1[C@@H](O)[C@@H]3O.C/C=C1/CCC2C3C(CC[C@]12C)[C@@]1(C)CCC(NC)CC1[C@@H](O)[C@@H]3O.Cl. The standard InChI is InChI=1S/C24H36O3.2C22H37NO2.ClH/c1-6-14-7-8-16-19-17(10-12-23(14,16)4)24(5)11-9-15(25)13-18(24)20-21(19)27-22(2,3)26-20;2*1-5-13-6-7-15-18-16(9-11-21(13,15)2)22(3)10-8-14(23-4)12-17(22)19(24)20(18)25;/h6,16-21H,7-13H2,1-5H3;2*5,14-20,23-25H,6-12H2,1-4H3;1H/b14-6-;2*13-5-;/t16?,17?,18?,19?,20-,21-,23-,24-;2*14?,15?,16?,17?,18?,19-,20-,21-,22-;/m111./s1. The number of rotatable bonds is 2. The number of aliphatic hydroxyl groups excluding tert-OH is 4. The molecular weight excluding hydrogens is 992 g/mol. The summed E-state index contributed by atoms with van der Waals surface area (Å²) in [7, 11) is 4.07. The number of allylic oxidation sites excluding steroid dienone is 6. The Morgan fingerprint density at radius 2 is 0.808 bits per heavy atom. The van der Waals surface area contributed by atoms with E-state index in [1.54, 1.807) is 16.7 Å². The van der Waals surface area contributed by atoms with Gasteiger partial charge in [-0.2, -0.15) is 0 Å². The lowest BCUT2D eigenvalue weighted by Crippen LogP contribution is -2.64. The Morgan fingerprint density at radius 3 is 1.21 bits per heavy atom. The van der Waals surface area contributed by atoms with Crippen LogP contribution in [0, 0.1) is 104 Å². The van der Waals surface area contributed by atoms with Gasteiger partial charge in [0.2, 0.25) is 0 Å². The summed E-state index contributed by atoms with van der Waals surface area (Å²) < 4.78 is 13.2. The quantitative estimate of drug-likeness (QED) is 0.149. The third-order valence-corrected chi connectivity index (χ3v) is 28.3. The molecule has 10 heteroatoms. The summed E-state index contributed by atoms with van der Waals surface area (Å²) in [4.78, 5) is 12.4. The molecule has 0 aromatic carbocycles. The average molecular weight is 1100 g/mol. The molecule has 13 rings (SSSR count). The Morgan fingerprint density at radius 1 is 0.436 bits per heavy atom. The molecule has 1 aliphatic heterocycles. The molecule has 13 fully saturated rings. The minimum Gasteiger partial charge on any atom is -0.390 e. The van der Waals surface area contributed by atoms with E-state index in [0.29, 0.717) is 77.0 Å². The monoisotopic (exact) mass is 1100 g/mol. The third-order valence-electron chi connectivity index (χ3n) is 28.3. The summed E-state index contributed by atoms with van der Waals surface area (Å²) in [6, 6.07) is 0.984. The number of nitrogens with one attached hydrogen (secondary N) is 2. The van der Waals surface area contributed by atoms with Gasteiger partial charge in [0.05, 0.1) is 36.6 Å². The van der Waals surface area contributed by atoms with Gasteiger partial charge in [-0.25, -0.2) is 0 Å². The van der Waals surface area contributed by atoms with Crippen LogP contribution >= 0.6 is 12.4 Å². The van der Waals surface area contributed by atoms with Crippen LogP contribution in [0.5, 0.6) is 0 Å². The van der Waals surface area contributed by atoms with Gasteiger partial charge in [-0.3, -0.25) is 4.79 Å². The molecule has 0 aromatic rings. The Balaban J connectivity index is 0.000000132. The first-order valence-electron chi connectivity index (χ1n) is 32.3. The van der Waals surface area contributed by atoms with E-state index in [1.165, 1.54) is 103 Å². The van der Waals surface area contributed by atoms with Gasteiger partial charge in [-0.15, -0.1) is 12.4 Å². The number of fused-ring (bicyclic) bond motifs is 18. The van der Waals surface area contributed by atoms with Crippen LogP contribution in [0.4, 0.5) is 0 Å². The first kappa shape index (κ1) is 60.0. The fraction of sp³-hybridized carbons (Fsp3) is 0.897. The number of halogens is 1. The topological polar surface area (TPSA) is 141 Å². The smallest absolute Gasteiger partial charge is 0.163 e. The number of hydrogen-bond acceptors (Lipinski definition) is 9. The Labute approximate surface area is 479 Å². The molecule has 1 heterocycles. The zero-order valence-electron chi connectivity index (χ0n) is 51.1. The molecule has 14 unspecified atom stereocenters. The van der Waals surface area contributed by atoms with Crippen molar-refractivity contribution in [3.05, 3.63) is 34.9 Å². The van der Waals surface area contributed by atoms with Crippen molar-refractivity contribution in [2.75, 3.05) is 14.1 Å². The second-order valence-corrected chi connectivity index (χ2v) is 30.9. The van der Waals surface area contributed by atoms with Crippen molar-refractivity contribution in [2.45, 2.75) is 265 Å². The van der Waals surface area contributed by atoms with E-state index in [2.05, 4.69) is 105 Å². The highest BCUT2D eigenvalue weighted by Gasteiger charge is 2.69. The van der Waals surface area contributed by atoms with Crippen molar-refractivity contribution < 1.29 is 34.7 Å². The van der Waals surface area contributed by atoms with Crippen molar-refractivity contribution >= 4 is 18.2 Å². The van der Waals surface area contributed by atoms with E-state index in [0.717, 1.165) is 25.7 Å². The highest BCUT2D eigenvalue weighted by molar-refractivity contribution is 5.85. The molecule has 0 bridgehead atoms. The van der Waals surface area contributed by atoms with Crippen LogP contribution < -0.4 is 10.6 Å². The van der Waals surface area contributed by atoms with Gasteiger partial charge in [0, 0.05) is 30.8 Å². The van der Waals surface area contributed by atoms with Gasteiger partial charge < -0.3 is 40.5 Å². The number of aliphatic hydroxyl groups is 4. The van der Waals surface area contributed by atoms with Crippen LogP contribution in [0.15, 0.2) is 34.9 Å². The van der Waals surface area contributed by atoms with Crippen molar-refractivity contribution in [1.29, 1.82) is 0 Å². The highest BCUT2D eigenvalue weighted by Crippen LogP contribution is 2.71. The second kappa shape index (κ2) is 21.4. The molecule has 1 saturated heterocycles. The summed E-state index contributed by atoms with van der Waals surface area (Å²) in [6.45, 7) is 25.5. The van der Waals surface area contributed by atoms with Crippen LogP contribution in [-0.2, 0) is 14.3 Å². The molecule has 26 atom stereocenters. The fourth-order valence-electron chi connectivity index (χ4n) is 24.0. The van der Waals surface area contributed by atoms with E-state index >= 15 is 0 Å². The molecule has 0 aromatic heterocycles. The molecule has 0 amide bonds. The number of hydrogen-bond donors (Lipinski definition) is 6. The number of carbonyl (C=O) groups excluding carboxylic acids is 1. The van der Waals surface area contributed by atoms with Gasteiger partial charge in [0.15, 0.2) is 5.79 Å². The van der Waals surface area contributed by atoms with Crippen LogP contribution in [0.25, 0.3) is 0 Å². The molecule has 12 saturated carbocycles. The highest BCUT2D eigenvalue weighted by atomic mass is 35.5. The van der Waals surface area contributed by atoms with Gasteiger partial charge in [-0.1, -0.05) is 76.5 Å². The minimum absolute atomic E-state index is 0. The van der Waals surface area contributed by atoms with Gasteiger partial charge in [0.1, 0.15) is 5.78 Å². The third kappa shape index (κ3) is 8.93. The Bertz CT molecular complexity index is 2220.